The topological polar surface area (TPSA) is 67.4 Å². The number of nitrogens with zero attached hydrogens (tertiary/aromatic N) is 3. The van der Waals surface area contributed by atoms with E-state index < -0.39 is 0 Å². The molecule has 0 aliphatic rings. The summed E-state index contributed by atoms with van der Waals surface area (Å²) >= 11 is 0. The number of anilines is 1. The van der Waals surface area contributed by atoms with Gasteiger partial charge in [0, 0.05) is 32.8 Å². The highest BCUT2D eigenvalue weighted by atomic mass is 16.5. The summed E-state index contributed by atoms with van der Waals surface area (Å²) in [4.78, 5) is 22.6. The van der Waals surface area contributed by atoms with Gasteiger partial charge in [0.1, 0.15) is 17.8 Å². The zero-order valence-electron chi connectivity index (χ0n) is 13.5. The number of hydrogen-bond acceptors (Lipinski definition) is 5. The van der Waals surface area contributed by atoms with E-state index in [1.807, 2.05) is 37.3 Å². The van der Waals surface area contributed by atoms with Crippen LogP contribution in [-0.2, 0) is 11.3 Å². The second-order valence-corrected chi connectivity index (χ2v) is 5.01. The van der Waals surface area contributed by atoms with Gasteiger partial charge in [-0.05, 0) is 12.5 Å². The molecule has 0 aliphatic carbocycles. The Kier molecular flexibility index (Phi) is 6.50. The third-order valence-electron chi connectivity index (χ3n) is 3.38. The monoisotopic (exact) mass is 314 g/mol. The molecule has 0 unspecified atom stereocenters. The van der Waals surface area contributed by atoms with E-state index in [1.165, 1.54) is 6.33 Å². The first kappa shape index (κ1) is 16.9. The summed E-state index contributed by atoms with van der Waals surface area (Å²) < 4.78 is 4.98. The normalized spacial score (nSPS) is 10.3. The van der Waals surface area contributed by atoms with Gasteiger partial charge in [0.2, 0.25) is 0 Å². The molecule has 23 heavy (non-hydrogen) atoms. The highest BCUT2D eigenvalue weighted by molar-refractivity contribution is 5.92. The van der Waals surface area contributed by atoms with Crippen LogP contribution in [0.15, 0.2) is 42.7 Å². The number of ether oxygens (including phenoxy) is 1. The van der Waals surface area contributed by atoms with E-state index in [9.17, 15) is 4.79 Å². The van der Waals surface area contributed by atoms with Crippen LogP contribution in [0.25, 0.3) is 0 Å². The van der Waals surface area contributed by atoms with Crippen molar-refractivity contribution in [1.29, 1.82) is 0 Å². The fourth-order valence-corrected chi connectivity index (χ4v) is 2.15. The molecule has 1 aromatic heterocycles. The van der Waals surface area contributed by atoms with Crippen molar-refractivity contribution < 1.29 is 9.53 Å². The van der Waals surface area contributed by atoms with Crippen LogP contribution in [0.5, 0.6) is 0 Å². The summed E-state index contributed by atoms with van der Waals surface area (Å²) in [6.45, 7) is 4.33. The van der Waals surface area contributed by atoms with Gasteiger partial charge in [-0.15, -0.1) is 0 Å². The Bertz CT molecular complexity index is 619. The number of rotatable bonds is 8. The van der Waals surface area contributed by atoms with E-state index >= 15 is 0 Å². The molecule has 1 heterocycles. The zero-order chi connectivity index (χ0) is 16.5. The van der Waals surface area contributed by atoms with E-state index in [0.717, 1.165) is 5.56 Å². The minimum atomic E-state index is -0.103. The van der Waals surface area contributed by atoms with Crippen molar-refractivity contribution in [2.75, 3.05) is 32.1 Å². The van der Waals surface area contributed by atoms with Crippen LogP contribution >= 0.6 is 0 Å². The number of methoxy groups -OCH3 is 1. The largest absolute Gasteiger partial charge is 0.383 e. The van der Waals surface area contributed by atoms with Crippen LogP contribution in [0.4, 0.5) is 5.82 Å². The standard InChI is InChI=1S/C17H22N4O2/c1-3-21(12-14-7-5-4-6-8-14)17(22)15-11-16(20-13-19-15)18-9-10-23-2/h4-8,11,13H,3,9-10,12H2,1-2H3,(H,18,19,20). The van der Waals surface area contributed by atoms with Crippen molar-refractivity contribution in [3.63, 3.8) is 0 Å². The quantitative estimate of drug-likeness (QED) is 0.757. The summed E-state index contributed by atoms with van der Waals surface area (Å²) in [5.74, 6) is 0.518. The number of hydrogen-bond donors (Lipinski definition) is 1. The fourth-order valence-electron chi connectivity index (χ4n) is 2.15. The molecular formula is C17H22N4O2. The third kappa shape index (κ3) is 5.03. The number of carbonyl (C=O) groups is 1. The highest BCUT2D eigenvalue weighted by Gasteiger charge is 2.16. The van der Waals surface area contributed by atoms with Crippen molar-refractivity contribution in [2.45, 2.75) is 13.5 Å². The molecule has 1 N–H and O–H groups in total. The van der Waals surface area contributed by atoms with Gasteiger partial charge in [-0.1, -0.05) is 30.3 Å². The summed E-state index contributed by atoms with van der Waals surface area (Å²) in [5, 5.41) is 3.10. The Balaban J connectivity index is 2.06. The molecule has 0 aliphatic heterocycles. The second-order valence-electron chi connectivity index (χ2n) is 5.01. The van der Waals surface area contributed by atoms with E-state index in [1.54, 1.807) is 18.1 Å². The Morgan fingerprint density at radius 2 is 2.04 bits per heavy atom. The molecule has 6 nitrogen and oxygen atoms in total. The predicted octanol–water partition coefficient (Wildman–Crippen LogP) is 2.20. The van der Waals surface area contributed by atoms with Crippen molar-refractivity contribution in [3.05, 3.63) is 54.0 Å². The molecule has 2 rings (SSSR count). The van der Waals surface area contributed by atoms with Gasteiger partial charge in [-0.25, -0.2) is 9.97 Å². The number of aromatic nitrogens is 2. The molecule has 0 bridgehead atoms. The molecule has 0 radical (unpaired) electrons. The first-order chi connectivity index (χ1) is 11.2. The Hall–Kier alpha value is -2.47. The lowest BCUT2D eigenvalue weighted by molar-refractivity contribution is 0.0746. The first-order valence-corrected chi connectivity index (χ1v) is 7.62. The molecule has 0 spiro atoms. The van der Waals surface area contributed by atoms with Gasteiger partial charge in [0.25, 0.3) is 5.91 Å². The Morgan fingerprint density at radius 1 is 1.26 bits per heavy atom. The smallest absolute Gasteiger partial charge is 0.272 e. The van der Waals surface area contributed by atoms with Crippen molar-refractivity contribution in [3.8, 4) is 0 Å². The van der Waals surface area contributed by atoms with E-state index in [2.05, 4.69) is 15.3 Å². The molecule has 1 aromatic carbocycles. The maximum Gasteiger partial charge on any atom is 0.272 e. The van der Waals surface area contributed by atoms with E-state index in [4.69, 9.17) is 4.74 Å². The average Bonchev–Trinajstić information content (AvgIpc) is 2.60. The molecule has 122 valence electrons. The molecule has 1 amide bonds. The molecule has 0 fully saturated rings. The van der Waals surface area contributed by atoms with Gasteiger partial charge in [-0.3, -0.25) is 4.79 Å². The molecule has 2 aromatic rings. The lowest BCUT2D eigenvalue weighted by Gasteiger charge is -2.20. The van der Waals surface area contributed by atoms with Crippen LogP contribution < -0.4 is 5.32 Å². The van der Waals surface area contributed by atoms with E-state index in [0.29, 0.717) is 37.8 Å². The minimum absolute atomic E-state index is 0.103. The Labute approximate surface area is 136 Å². The van der Waals surface area contributed by atoms with Gasteiger partial charge < -0.3 is 15.0 Å². The molecule has 0 atom stereocenters. The number of carbonyl (C=O) groups excluding carboxylic acids is 1. The van der Waals surface area contributed by atoms with Crippen LogP contribution in [0.1, 0.15) is 23.0 Å². The van der Waals surface area contributed by atoms with Crippen molar-refractivity contribution in [1.82, 2.24) is 14.9 Å². The van der Waals surface area contributed by atoms with Crippen LogP contribution in [-0.4, -0.2) is 47.6 Å². The minimum Gasteiger partial charge on any atom is -0.383 e. The number of benzene rings is 1. The lowest BCUT2D eigenvalue weighted by Crippen LogP contribution is -2.31. The second kappa shape index (κ2) is 8.85. The van der Waals surface area contributed by atoms with E-state index in [-0.39, 0.29) is 5.91 Å². The van der Waals surface area contributed by atoms with Gasteiger partial charge in [-0.2, -0.15) is 0 Å². The van der Waals surface area contributed by atoms with Crippen molar-refractivity contribution in [2.24, 2.45) is 0 Å². The van der Waals surface area contributed by atoms with Crippen LogP contribution in [0, 0.1) is 0 Å². The van der Waals surface area contributed by atoms with Crippen LogP contribution in [0.3, 0.4) is 0 Å². The molecular weight excluding hydrogens is 292 g/mol. The summed E-state index contributed by atoms with van der Waals surface area (Å²) in [6.07, 6.45) is 1.40. The van der Waals surface area contributed by atoms with Crippen LogP contribution in [0.2, 0.25) is 0 Å². The molecule has 6 heteroatoms. The van der Waals surface area contributed by atoms with Crippen molar-refractivity contribution >= 4 is 11.7 Å². The number of nitrogens with one attached hydrogen (secondary N) is 1. The summed E-state index contributed by atoms with van der Waals surface area (Å²) in [7, 11) is 1.64. The third-order valence-corrected chi connectivity index (χ3v) is 3.38. The maximum atomic E-state index is 12.6. The maximum absolute atomic E-state index is 12.6. The fraction of sp³-hybridized carbons (Fsp3) is 0.353. The molecule has 0 saturated carbocycles. The zero-order valence-corrected chi connectivity index (χ0v) is 13.5. The lowest BCUT2D eigenvalue weighted by atomic mass is 10.2. The summed E-state index contributed by atoms with van der Waals surface area (Å²) in [6, 6.07) is 11.6. The predicted molar refractivity (Wildman–Crippen MR) is 89.3 cm³/mol. The number of amides is 1. The summed E-state index contributed by atoms with van der Waals surface area (Å²) in [5.41, 5.74) is 1.48. The molecule has 0 saturated heterocycles. The van der Waals surface area contributed by atoms with Gasteiger partial charge in [0.15, 0.2) is 0 Å². The van der Waals surface area contributed by atoms with Gasteiger partial charge in [0.05, 0.1) is 6.61 Å². The Morgan fingerprint density at radius 3 is 2.74 bits per heavy atom. The van der Waals surface area contributed by atoms with Gasteiger partial charge >= 0.3 is 0 Å². The highest BCUT2D eigenvalue weighted by Crippen LogP contribution is 2.10. The SMILES string of the molecule is CCN(Cc1ccccc1)C(=O)c1cc(NCCOC)ncn1. The first-order valence-electron chi connectivity index (χ1n) is 7.62. The average molecular weight is 314 g/mol.